The quantitative estimate of drug-likeness (QED) is 0.643. The fourth-order valence-electron chi connectivity index (χ4n) is 2.98. The van der Waals surface area contributed by atoms with Crippen LogP contribution < -0.4 is 15.6 Å². The predicted octanol–water partition coefficient (Wildman–Crippen LogP) is 3.88. The summed E-state index contributed by atoms with van der Waals surface area (Å²) in [6, 6.07) is 17.2. The third-order valence-electron chi connectivity index (χ3n) is 4.35. The molecule has 0 aromatic heterocycles. The molecule has 0 fully saturated rings. The first-order chi connectivity index (χ1) is 13.4. The summed E-state index contributed by atoms with van der Waals surface area (Å²) < 4.78 is 5.47. The minimum atomic E-state index is -0.448. The average Bonchev–Trinajstić information content (AvgIpc) is 2.69. The first-order valence-electron chi connectivity index (χ1n) is 8.88. The van der Waals surface area contributed by atoms with E-state index in [1.54, 1.807) is 12.1 Å². The van der Waals surface area contributed by atoms with Crippen molar-refractivity contribution < 1.29 is 14.3 Å². The molecule has 0 unspecified atom stereocenters. The number of carbonyl (C=O) groups is 2. The third kappa shape index (κ3) is 4.81. The second-order valence-corrected chi connectivity index (χ2v) is 6.95. The van der Waals surface area contributed by atoms with Gasteiger partial charge >= 0.3 is 0 Å². The van der Waals surface area contributed by atoms with Crippen molar-refractivity contribution in [3.63, 3.8) is 0 Å². The summed E-state index contributed by atoms with van der Waals surface area (Å²) in [5, 5.41) is 2.76. The highest BCUT2D eigenvalue weighted by Crippen LogP contribution is 2.25. The zero-order valence-corrected chi connectivity index (χ0v) is 16.5. The molecule has 0 saturated heterocycles. The van der Waals surface area contributed by atoms with E-state index in [0.717, 1.165) is 27.5 Å². The molecule has 28 heavy (non-hydrogen) atoms. The number of hydrogen-bond donors (Lipinski definition) is 2. The summed E-state index contributed by atoms with van der Waals surface area (Å²) in [7, 11) is 0. The monoisotopic (exact) mass is 396 g/mol. The lowest BCUT2D eigenvalue weighted by atomic mass is 10.0. The highest BCUT2D eigenvalue weighted by atomic mass is 35.5. The number of hydrogen-bond acceptors (Lipinski definition) is 3. The molecule has 0 spiro atoms. The molecule has 2 amide bonds. The minimum absolute atomic E-state index is 0.165. The Kier molecular flexibility index (Phi) is 6.16. The summed E-state index contributed by atoms with van der Waals surface area (Å²) in [4.78, 5) is 24.1. The summed E-state index contributed by atoms with van der Waals surface area (Å²) in [5.41, 5.74) is 7.44. The van der Waals surface area contributed by atoms with Crippen LogP contribution in [0.25, 0.3) is 10.8 Å². The highest BCUT2D eigenvalue weighted by Gasteiger charge is 2.10. The predicted molar refractivity (Wildman–Crippen MR) is 110 cm³/mol. The normalized spacial score (nSPS) is 10.5. The molecule has 0 aliphatic carbocycles. The molecule has 0 atom stereocenters. The zero-order chi connectivity index (χ0) is 20.1. The van der Waals surface area contributed by atoms with Gasteiger partial charge in [-0.1, -0.05) is 54.1 Å². The maximum absolute atomic E-state index is 12.2. The Bertz CT molecular complexity index is 1000. The van der Waals surface area contributed by atoms with Crippen LogP contribution in [0.1, 0.15) is 16.7 Å². The molecule has 0 radical (unpaired) electrons. The lowest BCUT2D eigenvalue weighted by Crippen LogP contribution is -2.44. The van der Waals surface area contributed by atoms with Crippen molar-refractivity contribution in [2.24, 2.45) is 0 Å². The van der Waals surface area contributed by atoms with Gasteiger partial charge in [0.05, 0.1) is 6.42 Å². The molecule has 0 heterocycles. The summed E-state index contributed by atoms with van der Waals surface area (Å²) >= 11 is 6.12. The Hall–Kier alpha value is -3.05. The van der Waals surface area contributed by atoms with Gasteiger partial charge in [-0.15, -0.1) is 0 Å². The lowest BCUT2D eigenvalue weighted by Gasteiger charge is -2.11. The molecule has 0 aliphatic heterocycles. The molecule has 3 aromatic carbocycles. The number of amides is 2. The van der Waals surface area contributed by atoms with Crippen molar-refractivity contribution >= 4 is 34.2 Å². The summed E-state index contributed by atoms with van der Waals surface area (Å²) in [6.07, 6.45) is 0.165. The first kappa shape index (κ1) is 19.7. The Morgan fingerprint density at radius 2 is 1.57 bits per heavy atom. The Morgan fingerprint density at radius 1 is 0.929 bits per heavy atom. The number of nitrogens with one attached hydrogen (secondary N) is 2. The molecule has 144 valence electrons. The van der Waals surface area contributed by atoms with Gasteiger partial charge in [0.2, 0.25) is 5.91 Å². The van der Waals surface area contributed by atoms with Crippen molar-refractivity contribution in [1.82, 2.24) is 10.9 Å². The standard InChI is InChI=1S/C22H21ClN2O3/c1-14-10-18(11-15(2)22(14)23)28-13-21(27)25-24-20(26)12-17-8-5-7-16-6-3-4-9-19(16)17/h3-11H,12-13H2,1-2H3,(H,24,26)(H,25,27). The SMILES string of the molecule is Cc1cc(OCC(=O)NNC(=O)Cc2cccc3ccccc23)cc(C)c1Cl. The molecular weight excluding hydrogens is 376 g/mol. The molecule has 3 rings (SSSR count). The van der Waals surface area contributed by atoms with Crippen LogP contribution in [0.2, 0.25) is 5.02 Å². The van der Waals surface area contributed by atoms with Gasteiger partial charge in [-0.25, -0.2) is 0 Å². The van der Waals surface area contributed by atoms with E-state index in [2.05, 4.69) is 10.9 Å². The van der Waals surface area contributed by atoms with Crippen LogP contribution >= 0.6 is 11.6 Å². The van der Waals surface area contributed by atoms with Crippen LogP contribution in [-0.2, 0) is 16.0 Å². The topological polar surface area (TPSA) is 67.4 Å². The van der Waals surface area contributed by atoms with E-state index in [1.807, 2.05) is 56.3 Å². The number of aryl methyl sites for hydroxylation is 2. The first-order valence-corrected chi connectivity index (χ1v) is 9.25. The number of ether oxygens (including phenoxy) is 1. The Morgan fingerprint density at radius 3 is 2.32 bits per heavy atom. The molecule has 2 N–H and O–H groups in total. The van der Waals surface area contributed by atoms with Crippen molar-refractivity contribution in [1.29, 1.82) is 0 Å². The average molecular weight is 397 g/mol. The largest absolute Gasteiger partial charge is 0.484 e. The van der Waals surface area contributed by atoms with Gasteiger partial charge in [0, 0.05) is 5.02 Å². The molecule has 3 aromatic rings. The van der Waals surface area contributed by atoms with E-state index >= 15 is 0 Å². The lowest BCUT2D eigenvalue weighted by molar-refractivity contribution is -0.129. The number of hydrazine groups is 1. The second kappa shape index (κ2) is 8.76. The van der Waals surface area contributed by atoms with Crippen LogP contribution in [-0.4, -0.2) is 18.4 Å². The van der Waals surface area contributed by atoms with Crippen LogP contribution in [0.3, 0.4) is 0 Å². The van der Waals surface area contributed by atoms with Crippen molar-refractivity contribution in [2.45, 2.75) is 20.3 Å². The maximum atomic E-state index is 12.2. The number of halogens is 1. The van der Waals surface area contributed by atoms with Gasteiger partial charge < -0.3 is 4.74 Å². The van der Waals surface area contributed by atoms with E-state index in [4.69, 9.17) is 16.3 Å². The van der Waals surface area contributed by atoms with Crippen molar-refractivity contribution in [3.8, 4) is 5.75 Å². The minimum Gasteiger partial charge on any atom is -0.484 e. The molecule has 0 saturated carbocycles. The van der Waals surface area contributed by atoms with E-state index in [9.17, 15) is 9.59 Å². The highest BCUT2D eigenvalue weighted by molar-refractivity contribution is 6.32. The van der Waals surface area contributed by atoms with Crippen LogP contribution in [0.4, 0.5) is 0 Å². The van der Waals surface area contributed by atoms with E-state index in [1.165, 1.54) is 0 Å². The van der Waals surface area contributed by atoms with E-state index < -0.39 is 5.91 Å². The number of carbonyl (C=O) groups excluding carboxylic acids is 2. The molecule has 6 heteroatoms. The van der Waals surface area contributed by atoms with Crippen LogP contribution in [0, 0.1) is 13.8 Å². The molecule has 0 aliphatic rings. The third-order valence-corrected chi connectivity index (χ3v) is 4.95. The maximum Gasteiger partial charge on any atom is 0.276 e. The van der Waals surface area contributed by atoms with Gasteiger partial charge in [-0.2, -0.15) is 0 Å². The molecular formula is C22H21ClN2O3. The fourth-order valence-corrected chi connectivity index (χ4v) is 3.09. The molecule has 0 bridgehead atoms. The number of fused-ring (bicyclic) bond motifs is 1. The van der Waals surface area contributed by atoms with E-state index in [0.29, 0.717) is 10.8 Å². The van der Waals surface area contributed by atoms with Crippen molar-refractivity contribution in [2.75, 3.05) is 6.61 Å². The summed E-state index contributed by atoms with van der Waals surface area (Å²) in [5.74, 6) is -0.198. The fraction of sp³-hybridized carbons (Fsp3) is 0.182. The second-order valence-electron chi connectivity index (χ2n) is 6.57. The van der Waals surface area contributed by atoms with Crippen LogP contribution in [0.5, 0.6) is 5.75 Å². The van der Waals surface area contributed by atoms with Gasteiger partial charge in [0.1, 0.15) is 5.75 Å². The molecule has 5 nitrogen and oxygen atoms in total. The number of rotatable bonds is 5. The smallest absolute Gasteiger partial charge is 0.276 e. The van der Waals surface area contributed by atoms with Crippen molar-refractivity contribution in [3.05, 3.63) is 76.3 Å². The Balaban J connectivity index is 1.51. The van der Waals surface area contributed by atoms with Gasteiger partial charge in [0.15, 0.2) is 6.61 Å². The van der Waals surface area contributed by atoms with Crippen LogP contribution in [0.15, 0.2) is 54.6 Å². The number of benzene rings is 3. The van der Waals surface area contributed by atoms with Gasteiger partial charge in [0.25, 0.3) is 5.91 Å². The van der Waals surface area contributed by atoms with Gasteiger partial charge in [-0.05, 0) is 53.4 Å². The zero-order valence-electron chi connectivity index (χ0n) is 15.7. The Labute approximate surface area is 168 Å². The van der Waals surface area contributed by atoms with Gasteiger partial charge in [-0.3, -0.25) is 20.4 Å². The summed E-state index contributed by atoms with van der Waals surface area (Å²) in [6.45, 7) is 3.53. The van der Waals surface area contributed by atoms with E-state index in [-0.39, 0.29) is 18.9 Å².